The Labute approximate surface area is 121 Å². The van der Waals surface area contributed by atoms with Gasteiger partial charge in [-0.1, -0.05) is 11.3 Å². The van der Waals surface area contributed by atoms with Crippen LogP contribution in [0, 0.1) is 5.82 Å². The summed E-state index contributed by atoms with van der Waals surface area (Å²) in [7, 11) is 1.69. The molecule has 2 heterocycles. The van der Waals surface area contributed by atoms with Gasteiger partial charge in [-0.2, -0.15) is 0 Å². The monoisotopic (exact) mass is 296 g/mol. The average Bonchev–Trinajstić information content (AvgIpc) is 2.91. The van der Waals surface area contributed by atoms with Crippen molar-refractivity contribution in [3.05, 3.63) is 29.3 Å². The Bertz CT molecular complexity index is 535. The highest BCUT2D eigenvalue weighted by Gasteiger charge is 2.07. The Morgan fingerprint density at radius 1 is 1.30 bits per heavy atom. The van der Waals surface area contributed by atoms with Gasteiger partial charge < -0.3 is 10.1 Å². The molecule has 0 radical (unpaired) electrons. The van der Waals surface area contributed by atoms with Crippen LogP contribution in [0.25, 0.3) is 10.6 Å². The predicted molar refractivity (Wildman–Crippen MR) is 76.2 cm³/mol. The number of aryl methyl sites for hydroxylation is 1. The fourth-order valence-corrected chi connectivity index (χ4v) is 2.53. The third kappa shape index (κ3) is 4.59. The molecule has 0 amide bonds. The van der Waals surface area contributed by atoms with Gasteiger partial charge in [0.05, 0.1) is 12.8 Å². The summed E-state index contributed by atoms with van der Waals surface area (Å²) in [5.74, 6) is -0.360. The highest BCUT2D eigenvalue weighted by molar-refractivity contribution is 7.14. The molecule has 0 aromatic carbocycles. The first kappa shape index (κ1) is 15.0. The third-order valence-corrected chi connectivity index (χ3v) is 3.68. The van der Waals surface area contributed by atoms with E-state index in [4.69, 9.17) is 4.74 Å². The van der Waals surface area contributed by atoms with E-state index in [0.29, 0.717) is 10.6 Å². The molecule has 0 bridgehead atoms. The third-order valence-electron chi connectivity index (χ3n) is 2.65. The van der Waals surface area contributed by atoms with Crippen LogP contribution in [0.15, 0.2) is 18.5 Å². The first-order chi connectivity index (χ1) is 9.79. The second kappa shape index (κ2) is 7.98. The Morgan fingerprint density at radius 2 is 2.20 bits per heavy atom. The Kier molecular flexibility index (Phi) is 5.97. The second-order valence-corrected chi connectivity index (χ2v) is 5.30. The molecule has 0 fully saturated rings. The molecule has 108 valence electrons. The van der Waals surface area contributed by atoms with Gasteiger partial charge in [0.2, 0.25) is 0 Å². The lowest BCUT2D eigenvalue weighted by atomic mass is 10.3. The molecule has 7 heteroatoms. The van der Waals surface area contributed by atoms with Gasteiger partial charge in [-0.05, 0) is 19.0 Å². The number of hydrogen-bond acceptors (Lipinski definition) is 6. The Hall–Kier alpha value is -1.44. The molecule has 2 rings (SSSR count). The number of nitrogens with zero attached hydrogens (tertiary/aromatic N) is 3. The van der Waals surface area contributed by atoms with Crippen molar-refractivity contribution in [2.75, 3.05) is 26.8 Å². The van der Waals surface area contributed by atoms with E-state index in [-0.39, 0.29) is 5.82 Å². The normalized spacial score (nSPS) is 10.9. The molecular formula is C13H17FN4OS. The number of nitrogens with one attached hydrogen (secondary N) is 1. The average molecular weight is 296 g/mol. The summed E-state index contributed by atoms with van der Waals surface area (Å²) in [5, 5.41) is 13.1. The lowest BCUT2D eigenvalue weighted by molar-refractivity contribution is 0.199. The van der Waals surface area contributed by atoms with Crippen LogP contribution in [0.2, 0.25) is 0 Å². The first-order valence-electron chi connectivity index (χ1n) is 6.42. The number of pyridine rings is 1. The summed E-state index contributed by atoms with van der Waals surface area (Å²) >= 11 is 1.48. The molecule has 0 unspecified atom stereocenters. The van der Waals surface area contributed by atoms with Crippen LogP contribution in [0.5, 0.6) is 0 Å². The molecule has 2 aromatic rings. The molecule has 2 aromatic heterocycles. The fraction of sp³-hybridized carbons (Fsp3) is 0.462. The van der Waals surface area contributed by atoms with Gasteiger partial charge in [0, 0.05) is 31.8 Å². The maximum absolute atomic E-state index is 13.1. The van der Waals surface area contributed by atoms with E-state index >= 15 is 0 Å². The highest BCUT2D eigenvalue weighted by atomic mass is 32.1. The molecule has 0 saturated carbocycles. The molecule has 1 N–H and O–H groups in total. The Balaban J connectivity index is 1.80. The van der Waals surface area contributed by atoms with Crippen LogP contribution in [0.3, 0.4) is 0 Å². The fourth-order valence-electron chi connectivity index (χ4n) is 1.66. The molecule has 0 saturated heterocycles. The summed E-state index contributed by atoms with van der Waals surface area (Å²) in [6.45, 7) is 2.49. The summed E-state index contributed by atoms with van der Waals surface area (Å²) in [6, 6.07) is 1.42. The minimum atomic E-state index is -0.360. The second-order valence-electron chi connectivity index (χ2n) is 4.24. The summed E-state index contributed by atoms with van der Waals surface area (Å²) in [4.78, 5) is 3.82. The van der Waals surface area contributed by atoms with E-state index in [9.17, 15) is 4.39 Å². The lowest BCUT2D eigenvalue weighted by Crippen LogP contribution is -2.20. The molecule has 0 aliphatic rings. The zero-order chi connectivity index (χ0) is 14.2. The van der Waals surface area contributed by atoms with Crippen molar-refractivity contribution in [3.8, 4) is 10.6 Å². The van der Waals surface area contributed by atoms with Crippen LogP contribution in [-0.4, -0.2) is 42.0 Å². The zero-order valence-corrected chi connectivity index (χ0v) is 12.1. The minimum Gasteiger partial charge on any atom is -0.383 e. The van der Waals surface area contributed by atoms with Gasteiger partial charge in [-0.25, -0.2) is 4.39 Å². The van der Waals surface area contributed by atoms with Gasteiger partial charge in [0.25, 0.3) is 0 Å². The highest BCUT2D eigenvalue weighted by Crippen LogP contribution is 2.23. The van der Waals surface area contributed by atoms with Crippen molar-refractivity contribution in [2.24, 2.45) is 0 Å². The van der Waals surface area contributed by atoms with E-state index in [0.717, 1.165) is 37.5 Å². The van der Waals surface area contributed by atoms with E-state index in [1.165, 1.54) is 23.6 Å². The van der Waals surface area contributed by atoms with Crippen LogP contribution < -0.4 is 5.32 Å². The number of methoxy groups -OCH3 is 1. The molecule has 0 aliphatic carbocycles. The van der Waals surface area contributed by atoms with Crippen molar-refractivity contribution in [3.63, 3.8) is 0 Å². The van der Waals surface area contributed by atoms with Crippen molar-refractivity contribution < 1.29 is 9.13 Å². The number of rotatable bonds is 8. The van der Waals surface area contributed by atoms with Gasteiger partial charge in [0.15, 0.2) is 0 Å². The SMILES string of the molecule is COCCNCCCc1nnc(-c2cncc(F)c2)s1. The van der Waals surface area contributed by atoms with Gasteiger partial charge >= 0.3 is 0 Å². The predicted octanol–water partition coefficient (Wildman–Crippen LogP) is 1.91. The van der Waals surface area contributed by atoms with E-state index in [2.05, 4.69) is 20.5 Å². The number of ether oxygens (including phenoxy) is 1. The summed E-state index contributed by atoms with van der Waals surface area (Å²) < 4.78 is 18.0. The zero-order valence-electron chi connectivity index (χ0n) is 11.3. The van der Waals surface area contributed by atoms with Crippen LogP contribution in [0.4, 0.5) is 4.39 Å². The van der Waals surface area contributed by atoms with Gasteiger partial charge in [-0.15, -0.1) is 10.2 Å². The summed E-state index contributed by atoms with van der Waals surface area (Å²) in [6.07, 6.45) is 4.62. The van der Waals surface area contributed by atoms with E-state index < -0.39 is 0 Å². The van der Waals surface area contributed by atoms with Gasteiger partial charge in [-0.3, -0.25) is 4.98 Å². The first-order valence-corrected chi connectivity index (χ1v) is 7.24. The maximum atomic E-state index is 13.1. The van der Waals surface area contributed by atoms with Crippen LogP contribution in [-0.2, 0) is 11.2 Å². The molecule has 0 aliphatic heterocycles. The maximum Gasteiger partial charge on any atom is 0.149 e. The molecule has 20 heavy (non-hydrogen) atoms. The molecular weight excluding hydrogens is 279 g/mol. The summed E-state index contributed by atoms with van der Waals surface area (Å²) in [5.41, 5.74) is 0.673. The van der Waals surface area contributed by atoms with Crippen molar-refractivity contribution in [1.82, 2.24) is 20.5 Å². The number of halogens is 1. The van der Waals surface area contributed by atoms with Crippen molar-refractivity contribution in [2.45, 2.75) is 12.8 Å². The minimum absolute atomic E-state index is 0.360. The standard InChI is InChI=1S/C13H17FN4OS/c1-19-6-5-15-4-2-3-12-17-18-13(20-12)10-7-11(14)9-16-8-10/h7-9,15H,2-6H2,1H3. The van der Waals surface area contributed by atoms with Gasteiger partial charge in [0.1, 0.15) is 15.8 Å². The molecule has 5 nitrogen and oxygen atoms in total. The van der Waals surface area contributed by atoms with Crippen LogP contribution in [0.1, 0.15) is 11.4 Å². The quantitative estimate of drug-likeness (QED) is 0.754. The number of hydrogen-bond donors (Lipinski definition) is 1. The van der Waals surface area contributed by atoms with Crippen LogP contribution >= 0.6 is 11.3 Å². The van der Waals surface area contributed by atoms with E-state index in [1.54, 1.807) is 13.3 Å². The largest absolute Gasteiger partial charge is 0.383 e. The smallest absolute Gasteiger partial charge is 0.149 e. The Morgan fingerprint density at radius 3 is 3.00 bits per heavy atom. The number of aromatic nitrogens is 3. The van der Waals surface area contributed by atoms with E-state index in [1.807, 2.05) is 0 Å². The topological polar surface area (TPSA) is 59.9 Å². The van der Waals surface area contributed by atoms with Crippen molar-refractivity contribution >= 4 is 11.3 Å². The lowest BCUT2D eigenvalue weighted by Gasteiger charge is -2.01. The molecule has 0 atom stereocenters. The molecule has 0 spiro atoms. The van der Waals surface area contributed by atoms with Crippen molar-refractivity contribution in [1.29, 1.82) is 0 Å².